The van der Waals surface area contributed by atoms with Crippen molar-refractivity contribution in [3.05, 3.63) is 34.9 Å². The van der Waals surface area contributed by atoms with Crippen LogP contribution in [0.4, 0.5) is 0 Å². The number of nitrogens with zero attached hydrogens (tertiary/aromatic N) is 1. The van der Waals surface area contributed by atoms with Crippen LogP contribution in [0.15, 0.2) is 24.3 Å². The first-order valence-corrected chi connectivity index (χ1v) is 7.41. The largest absolute Gasteiger partial charge is 0.379 e. The molecule has 0 fully saturated rings. The maximum Gasteiger partial charge on any atom is 0.0638 e. The molecule has 0 heterocycles. The number of methoxy groups -OCH3 is 1. The fraction of sp³-hybridized carbons (Fsp3) is 0.625. The van der Waals surface area contributed by atoms with E-state index >= 15 is 0 Å². The Labute approximate surface area is 128 Å². The zero-order chi connectivity index (χ0) is 15.3. The van der Waals surface area contributed by atoms with Crippen molar-refractivity contribution in [2.24, 2.45) is 5.73 Å². The molecular formula is C16H27ClN2O. The zero-order valence-corrected chi connectivity index (χ0v) is 13.9. The van der Waals surface area contributed by atoms with E-state index in [-0.39, 0.29) is 17.7 Å². The summed E-state index contributed by atoms with van der Waals surface area (Å²) < 4.78 is 5.52. The summed E-state index contributed by atoms with van der Waals surface area (Å²) in [5.41, 5.74) is 6.91. The molecule has 2 N–H and O–H groups in total. The average Bonchev–Trinajstić information content (AvgIpc) is 2.44. The van der Waals surface area contributed by atoms with Crippen molar-refractivity contribution in [2.75, 3.05) is 20.7 Å². The average molecular weight is 299 g/mol. The minimum atomic E-state index is -0.182. The van der Waals surface area contributed by atoms with Crippen LogP contribution in [-0.4, -0.2) is 37.2 Å². The van der Waals surface area contributed by atoms with Crippen LogP contribution >= 0.6 is 11.6 Å². The fourth-order valence-corrected chi connectivity index (χ4v) is 2.69. The number of nitrogens with two attached hydrogens (primary N) is 1. The molecule has 20 heavy (non-hydrogen) atoms. The van der Waals surface area contributed by atoms with Crippen molar-refractivity contribution in [3.63, 3.8) is 0 Å². The summed E-state index contributed by atoms with van der Waals surface area (Å²) in [6.45, 7) is 6.93. The van der Waals surface area contributed by atoms with E-state index in [1.165, 1.54) is 0 Å². The number of hydrogen-bond donors (Lipinski definition) is 1. The fourth-order valence-electron chi connectivity index (χ4n) is 2.39. The molecule has 1 rings (SSSR count). The Morgan fingerprint density at radius 1 is 1.35 bits per heavy atom. The van der Waals surface area contributed by atoms with Gasteiger partial charge in [0.2, 0.25) is 0 Å². The Kier molecular flexibility index (Phi) is 6.46. The summed E-state index contributed by atoms with van der Waals surface area (Å²) in [5, 5.41) is 0.800. The highest BCUT2D eigenvalue weighted by atomic mass is 35.5. The van der Waals surface area contributed by atoms with Gasteiger partial charge in [-0.2, -0.15) is 0 Å². The first kappa shape index (κ1) is 17.4. The van der Waals surface area contributed by atoms with Gasteiger partial charge in [0.25, 0.3) is 0 Å². The van der Waals surface area contributed by atoms with Crippen LogP contribution in [0.2, 0.25) is 5.02 Å². The Morgan fingerprint density at radius 3 is 2.45 bits per heavy atom. The van der Waals surface area contributed by atoms with Crippen molar-refractivity contribution in [3.8, 4) is 0 Å². The van der Waals surface area contributed by atoms with Gasteiger partial charge in [0, 0.05) is 30.8 Å². The van der Waals surface area contributed by atoms with Gasteiger partial charge in [-0.3, -0.25) is 4.90 Å². The Balaban J connectivity index is 2.86. The minimum absolute atomic E-state index is 0.182. The van der Waals surface area contributed by atoms with E-state index in [1.54, 1.807) is 7.11 Å². The van der Waals surface area contributed by atoms with E-state index in [0.717, 1.165) is 17.0 Å². The number of halogens is 1. The van der Waals surface area contributed by atoms with E-state index in [1.807, 2.05) is 18.2 Å². The normalized spacial score (nSPS) is 15.4. The van der Waals surface area contributed by atoms with Crippen LogP contribution < -0.4 is 5.73 Å². The van der Waals surface area contributed by atoms with Gasteiger partial charge < -0.3 is 10.5 Å². The van der Waals surface area contributed by atoms with Crippen molar-refractivity contribution in [1.82, 2.24) is 4.90 Å². The smallest absolute Gasteiger partial charge is 0.0638 e. The molecular weight excluding hydrogens is 272 g/mol. The highest BCUT2D eigenvalue weighted by molar-refractivity contribution is 6.31. The second-order valence-corrected chi connectivity index (χ2v) is 6.33. The molecule has 0 saturated carbocycles. The molecule has 0 amide bonds. The lowest BCUT2D eigenvalue weighted by Crippen LogP contribution is -2.44. The van der Waals surface area contributed by atoms with Crippen LogP contribution in [0, 0.1) is 0 Å². The molecule has 0 spiro atoms. The van der Waals surface area contributed by atoms with Gasteiger partial charge in [0.05, 0.1) is 5.60 Å². The molecule has 1 aromatic rings. The molecule has 0 radical (unpaired) electrons. The molecule has 1 aromatic carbocycles. The van der Waals surface area contributed by atoms with E-state index in [4.69, 9.17) is 22.1 Å². The van der Waals surface area contributed by atoms with Crippen LogP contribution in [0.1, 0.15) is 38.8 Å². The molecule has 2 atom stereocenters. The highest BCUT2D eigenvalue weighted by Gasteiger charge is 2.27. The van der Waals surface area contributed by atoms with Gasteiger partial charge in [-0.1, -0.05) is 29.8 Å². The number of hydrogen-bond acceptors (Lipinski definition) is 3. The number of benzene rings is 1. The van der Waals surface area contributed by atoms with E-state index in [9.17, 15) is 0 Å². The molecule has 3 nitrogen and oxygen atoms in total. The van der Waals surface area contributed by atoms with Crippen molar-refractivity contribution >= 4 is 11.6 Å². The zero-order valence-electron chi connectivity index (χ0n) is 13.2. The second kappa shape index (κ2) is 7.41. The predicted octanol–water partition coefficient (Wildman–Crippen LogP) is 3.48. The molecule has 114 valence electrons. The monoisotopic (exact) mass is 298 g/mol. The minimum Gasteiger partial charge on any atom is -0.379 e. The Morgan fingerprint density at radius 2 is 1.95 bits per heavy atom. The lowest BCUT2D eigenvalue weighted by molar-refractivity contribution is -0.00886. The van der Waals surface area contributed by atoms with Gasteiger partial charge in [0.15, 0.2) is 0 Å². The van der Waals surface area contributed by atoms with E-state index < -0.39 is 0 Å². The van der Waals surface area contributed by atoms with Crippen LogP contribution in [0.3, 0.4) is 0 Å². The van der Waals surface area contributed by atoms with E-state index in [2.05, 4.69) is 38.8 Å². The first-order valence-electron chi connectivity index (χ1n) is 7.04. The lowest BCUT2D eigenvalue weighted by Gasteiger charge is -2.37. The summed E-state index contributed by atoms with van der Waals surface area (Å²) in [6, 6.07) is 8.42. The third-order valence-corrected chi connectivity index (χ3v) is 4.44. The maximum atomic E-state index is 6.29. The molecule has 4 heteroatoms. The third-order valence-electron chi connectivity index (χ3n) is 4.09. The lowest BCUT2D eigenvalue weighted by atomic mass is 9.96. The van der Waals surface area contributed by atoms with Crippen LogP contribution in [0.25, 0.3) is 0 Å². The van der Waals surface area contributed by atoms with Gasteiger partial charge in [0.1, 0.15) is 0 Å². The van der Waals surface area contributed by atoms with Crippen molar-refractivity contribution < 1.29 is 4.74 Å². The third kappa shape index (κ3) is 4.45. The predicted molar refractivity (Wildman–Crippen MR) is 86.2 cm³/mol. The summed E-state index contributed by atoms with van der Waals surface area (Å²) in [5.74, 6) is 0. The molecule has 0 aliphatic heterocycles. The maximum absolute atomic E-state index is 6.29. The quantitative estimate of drug-likeness (QED) is 0.837. The van der Waals surface area contributed by atoms with Crippen LogP contribution in [-0.2, 0) is 4.74 Å². The van der Waals surface area contributed by atoms with Gasteiger partial charge >= 0.3 is 0 Å². The van der Waals surface area contributed by atoms with Gasteiger partial charge in [-0.05, 0) is 45.9 Å². The second-order valence-electron chi connectivity index (χ2n) is 5.92. The molecule has 2 unspecified atom stereocenters. The Bertz CT molecular complexity index is 423. The van der Waals surface area contributed by atoms with Crippen molar-refractivity contribution in [1.29, 1.82) is 0 Å². The van der Waals surface area contributed by atoms with E-state index in [0.29, 0.717) is 6.54 Å². The molecule has 0 bridgehead atoms. The summed E-state index contributed by atoms with van der Waals surface area (Å²) in [6.07, 6.45) is 0.880. The number of likely N-dealkylation sites (N-methyl/N-ethyl adjacent to an activating group) is 1. The van der Waals surface area contributed by atoms with Gasteiger partial charge in [-0.25, -0.2) is 0 Å². The summed E-state index contributed by atoms with van der Waals surface area (Å²) in [4.78, 5) is 2.28. The molecule has 0 saturated heterocycles. The van der Waals surface area contributed by atoms with Gasteiger partial charge in [-0.15, -0.1) is 0 Å². The molecule has 0 aliphatic rings. The summed E-state index contributed by atoms with van der Waals surface area (Å²) >= 11 is 6.29. The SMILES string of the molecule is COC(C)(C)CC(CN)N(C)C(C)c1ccccc1Cl. The molecule has 0 aliphatic carbocycles. The van der Waals surface area contributed by atoms with Crippen molar-refractivity contribution in [2.45, 2.75) is 44.9 Å². The number of rotatable bonds is 7. The molecule has 0 aromatic heterocycles. The standard InChI is InChI=1S/C16H27ClN2O/c1-12(14-8-6-7-9-15(14)17)19(4)13(11-18)10-16(2,3)20-5/h6-9,12-13H,10-11,18H2,1-5H3. The van der Waals surface area contributed by atoms with Crippen LogP contribution in [0.5, 0.6) is 0 Å². The number of ether oxygens (including phenoxy) is 1. The highest BCUT2D eigenvalue weighted by Crippen LogP contribution is 2.29. The Hall–Kier alpha value is -0.610. The topological polar surface area (TPSA) is 38.5 Å². The summed E-state index contributed by atoms with van der Waals surface area (Å²) in [7, 11) is 3.84. The first-order chi connectivity index (χ1) is 9.32.